The van der Waals surface area contributed by atoms with Gasteiger partial charge in [0.15, 0.2) is 11.6 Å². The second-order valence-corrected chi connectivity index (χ2v) is 6.34. The van der Waals surface area contributed by atoms with Gasteiger partial charge in [-0.3, -0.25) is 14.4 Å². The van der Waals surface area contributed by atoms with Gasteiger partial charge < -0.3 is 26.3 Å². The molecule has 1 aliphatic rings. The average molecular weight is 424 g/mol. The van der Waals surface area contributed by atoms with E-state index in [1.165, 1.54) is 26.4 Å². The average Bonchev–Trinajstić information content (AvgIpc) is 3.02. The number of hydrogen-bond donors (Lipinski definition) is 3. The van der Waals surface area contributed by atoms with E-state index in [0.717, 1.165) is 4.90 Å². The Hall–Kier alpha value is -4.41. The minimum Gasteiger partial charge on any atom is -0.497 e. The Morgan fingerprint density at radius 3 is 2.03 bits per heavy atom. The van der Waals surface area contributed by atoms with Crippen molar-refractivity contribution in [1.29, 1.82) is 0 Å². The molecule has 3 amide bonds. The molecular formula is C20H20N6O5. The van der Waals surface area contributed by atoms with Crippen molar-refractivity contribution in [2.75, 3.05) is 24.4 Å². The molecule has 1 saturated heterocycles. The van der Waals surface area contributed by atoms with E-state index >= 15 is 0 Å². The summed E-state index contributed by atoms with van der Waals surface area (Å²) in [5.41, 5.74) is 10.8. The normalized spacial score (nSPS) is 16.9. The van der Waals surface area contributed by atoms with Gasteiger partial charge in [-0.2, -0.15) is 0 Å². The van der Waals surface area contributed by atoms with Crippen molar-refractivity contribution in [2.24, 2.45) is 27.6 Å². The van der Waals surface area contributed by atoms with Crippen LogP contribution in [-0.4, -0.2) is 43.6 Å². The number of nitrogens with two attached hydrogens (primary N) is 2. The number of ether oxygens (including phenoxy) is 2. The van der Waals surface area contributed by atoms with Gasteiger partial charge >= 0.3 is 0 Å². The van der Waals surface area contributed by atoms with Gasteiger partial charge in [0.2, 0.25) is 11.9 Å². The number of methoxy groups -OCH3 is 2. The first-order chi connectivity index (χ1) is 14.8. The number of carbonyl (C=O) groups excluding carboxylic acids is 3. The number of amides is 3. The lowest BCUT2D eigenvalue weighted by atomic mass is 10.0. The van der Waals surface area contributed by atoms with Gasteiger partial charge in [0.1, 0.15) is 11.5 Å². The van der Waals surface area contributed by atoms with E-state index in [2.05, 4.69) is 15.5 Å². The van der Waals surface area contributed by atoms with E-state index in [1.54, 1.807) is 36.4 Å². The van der Waals surface area contributed by atoms with Crippen LogP contribution in [0.25, 0.3) is 0 Å². The number of carbonyl (C=O) groups is 3. The molecule has 0 aromatic heterocycles. The topological polar surface area (TPSA) is 162 Å². The summed E-state index contributed by atoms with van der Waals surface area (Å²) < 4.78 is 10.2. The van der Waals surface area contributed by atoms with Gasteiger partial charge in [0, 0.05) is 5.69 Å². The summed E-state index contributed by atoms with van der Waals surface area (Å²) in [5.74, 6) is -3.20. The fraction of sp³-hybridized carbons (Fsp3) is 0.150. The van der Waals surface area contributed by atoms with E-state index in [9.17, 15) is 14.4 Å². The Kier molecular flexibility index (Phi) is 6.15. The molecule has 160 valence electrons. The summed E-state index contributed by atoms with van der Waals surface area (Å²) in [4.78, 5) is 39.7. The molecule has 2 aromatic carbocycles. The van der Waals surface area contributed by atoms with Crippen molar-refractivity contribution < 1.29 is 23.9 Å². The van der Waals surface area contributed by atoms with Crippen LogP contribution < -0.4 is 31.2 Å². The number of benzene rings is 2. The molecule has 2 aromatic rings. The lowest BCUT2D eigenvalue weighted by molar-refractivity contribution is -0.127. The van der Waals surface area contributed by atoms with Gasteiger partial charge in [0.25, 0.3) is 11.8 Å². The highest BCUT2D eigenvalue weighted by atomic mass is 16.5. The summed E-state index contributed by atoms with van der Waals surface area (Å²) in [6.07, 6.45) is 0. The molecule has 1 heterocycles. The van der Waals surface area contributed by atoms with Crippen LogP contribution in [0.3, 0.4) is 0 Å². The van der Waals surface area contributed by atoms with Crippen molar-refractivity contribution in [1.82, 2.24) is 0 Å². The first kappa shape index (κ1) is 21.3. The van der Waals surface area contributed by atoms with Crippen LogP contribution in [0.5, 0.6) is 11.5 Å². The Bertz CT molecular complexity index is 1060. The summed E-state index contributed by atoms with van der Waals surface area (Å²) in [5, 5.41) is 9.71. The first-order valence-corrected chi connectivity index (χ1v) is 8.99. The molecule has 11 heteroatoms. The number of rotatable bonds is 6. The number of imide groups is 1. The summed E-state index contributed by atoms with van der Waals surface area (Å²) in [6.45, 7) is 0. The van der Waals surface area contributed by atoms with Crippen LogP contribution >= 0.6 is 0 Å². The predicted molar refractivity (Wildman–Crippen MR) is 114 cm³/mol. The maximum atomic E-state index is 13.1. The number of nitrogens with zero attached hydrogens (tertiary/aromatic N) is 3. The minimum absolute atomic E-state index is 0.243. The van der Waals surface area contributed by atoms with Gasteiger partial charge in [0.05, 0.1) is 19.9 Å². The SMILES string of the molecule is COc1ccc(NC(=O)[C@@H]2C(=O)N(c3ccc(OC)cc3)C(=O)/C2=N/N=C(N)N)cc1. The van der Waals surface area contributed by atoms with Gasteiger partial charge in [-0.15, -0.1) is 10.2 Å². The maximum Gasteiger partial charge on any atom is 0.282 e. The highest BCUT2D eigenvalue weighted by molar-refractivity contribution is 6.61. The molecule has 1 atom stereocenters. The number of nitrogens with one attached hydrogen (secondary N) is 1. The zero-order chi connectivity index (χ0) is 22.5. The van der Waals surface area contributed by atoms with Gasteiger partial charge in [-0.05, 0) is 48.5 Å². The van der Waals surface area contributed by atoms with Crippen LogP contribution in [0.15, 0.2) is 58.7 Å². The Balaban J connectivity index is 1.95. The smallest absolute Gasteiger partial charge is 0.282 e. The van der Waals surface area contributed by atoms with Gasteiger partial charge in [-0.25, -0.2) is 4.90 Å². The van der Waals surface area contributed by atoms with Gasteiger partial charge in [-0.1, -0.05) is 0 Å². The molecule has 5 N–H and O–H groups in total. The predicted octanol–water partition coefficient (Wildman–Crippen LogP) is 0.461. The lowest BCUT2D eigenvalue weighted by Gasteiger charge is -2.14. The van der Waals surface area contributed by atoms with Crippen LogP contribution in [-0.2, 0) is 14.4 Å². The zero-order valence-electron chi connectivity index (χ0n) is 16.7. The van der Waals surface area contributed by atoms with Crippen molar-refractivity contribution in [3.8, 4) is 11.5 Å². The number of hydrogen-bond acceptors (Lipinski definition) is 7. The molecule has 0 unspecified atom stereocenters. The highest BCUT2D eigenvalue weighted by Crippen LogP contribution is 2.28. The third-order valence-corrected chi connectivity index (χ3v) is 4.39. The standard InChI is InChI=1S/C20H20N6O5/c1-30-13-7-3-11(4-8-13)23-17(27)15-16(24-25-20(21)22)19(29)26(18(15)28)12-5-9-14(31-2)10-6-12/h3-10,15H,1-2H3,(H,23,27)(H4,21,22,25)/b24-16+/t15-/m1/s1. The minimum atomic E-state index is -1.54. The highest BCUT2D eigenvalue weighted by Gasteiger charge is 2.50. The van der Waals surface area contributed by atoms with E-state index in [0.29, 0.717) is 17.2 Å². The van der Waals surface area contributed by atoms with Crippen LogP contribution in [0.1, 0.15) is 0 Å². The Morgan fingerprint density at radius 2 is 1.52 bits per heavy atom. The molecule has 0 bridgehead atoms. The van der Waals surface area contributed by atoms with Crippen molar-refractivity contribution >= 4 is 40.8 Å². The molecule has 0 spiro atoms. The molecular weight excluding hydrogens is 404 g/mol. The number of guanidine groups is 1. The molecule has 0 saturated carbocycles. The fourth-order valence-electron chi connectivity index (χ4n) is 2.90. The molecule has 0 radical (unpaired) electrons. The Labute approximate surface area is 177 Å². The molecule has 1 fully saturated rings. The van der Waals surface area contributed by atoms with Crippen LogP contribution in [0.2, 0.25) is 0 Å². The molecule has 3 rings (SSSR count). The van der Waals surface area contributed by atoms with Crippen LogP contribution in [0, 0.1) is 5.92 Å². The second kappa shape index (κ2) is 8.95. The molecule has 31 heavy (non-hydrogen) atoms. The monoisotopic (exact) mass is 424 g/mol. The zero-order valence-corrected chi connectivity index (χ0v) is 16.7. The first-order valence-electron chi connectivity index (χ1n) is 8.99. The summed E-state index contributed by atoms with van der Waals surface area (Å²) in [6, 6.07) is 12.6. The largest absolute Gasteiger partial charge is 0.497 e. The van der Waals surface area contributed by atoms with Crippen LogP contribution in [0.4, 0.5) is 11.4 Å². The molecule has 11 nitrogen and oxygen atoms in total. The second-order valence-electron chi connectivity index (χ2n) is 6.34. The summed E-state index contributed by atoms with van der Waals surface area (Å²) in [7, 11) is 3.00. The third kappa shape index (κ3) is 4.45. The molecule has 0 aliphatic carbocycles. The number of anilines is 2. The van der Waals surface area contributed by atoms with Crippen molar-refractivity contribution in [2.45, 2.75) is 0 Å². The molecule has 1 aliphatic heterocycles. The summed E-state index contributed by atoms with van der Waals surface area (Å²) >= 11 is 0. The quantitative estimate of drug-likeness (QED) is 0.199. The lowest BCUT2D eigenvalue weighted by Crippen LogP contribution is -2.34. The van der Waals surface area contributed by atoms with Crippen molar-refractivity contribution in [3.05, 3.63) is 48.5 Å². The maximum absolute atomic E-state index is 13.1. The van der Waals surface area contributed by atoms with E-state index in [-0.39, 0.29) is 5.69 Å². The van der Waals surface area contributed by atoms with E-state index < -0.39 is 35.3 Å². The van der Waals surface area contributed by atoms with Crippen molar-refractivity contribution in [3.63, 3.8) is 0 Å². The van der Waals surface area contributed by atoms with E-state index in [4.69, 9.17) is 20.9 Å². The fourth-order valence-corrected chi connectivity index (χ4v) is 2.90. The Morgan fingerprint density at radius 1 is 0.968 bits per heavy atom. The third-order valence-electron chi connectivity index (χ3n) is 4.39. The van der Waals surface area contributed by atoms with E-state index in [1.807, 2.05) is 0 Å².